The van der Waals surface area contributed by atoms with Crippen LogP contribution in [0.3, 0.4) is 0 Å². The van der Waals surface area contributed by atoms with Crippen LogP contribution in [0.25, 0.3) is 16.9 Å². The molecule has 0 unspecified atom stereocenters. The molecule has 0 fully saturated rings. The predicted molar refractivity (Wildman–Crippen MR) is 133 cm³/mol. The van der Waals surface area contributed by atoms with Crippen LogP contribution in [0.4, 0.5) is 0 Å². The molecule has 0 amide bonds. The zero-order valence-electron chi connectivity index (χ0n) is 18.9. The van der Waals surface area contributed by atoms with Gasteiger partial charge in [-0.1, -0.05) is 36.7 Å². The zero-order chi connectivity index (χ0) is 24.1. The Hall–Kier alpha value is -3.20. The maximum atomic E-state index is 12.8. The summed E-state index contributed by atoms with van der Waals surface area (Å²) in [4.78, 5) is 3.91. The maximum absolute atomic E-state index is 12.8. The van der Waals surface area contributed by atoms with E-state index in [1.165, 1.54) is 18.3 Å². The minimum Gasteiger partial charge on any atom is -0.493 e. The smallest absolute Gasteiger partial charge is 0.242 e. The molecule has 7 nitrogen and oxygen atoms in total. The molecule has 0 bridgehead atoms. The molecule has 4 rings (SSSR count). The van der Waals surface area contributed by atoms with Gasteiger partial charge < -0.3 is 4.74 Å². The quantitative estimate of drug-likeness (QED) is 0.323. The van der Waals surface area contributed by atoms with Crippen molar-refractivity contribution in [3.8, 4) is 22.7 Å². The van der Waals surface area contributed by atoms with Crippen molar-refractivity contribution in [3.63, 3.8) is 0 Å². The molecule has 0 aliphatic heterocycles. The molecule has 0 aliphatic carbocycles. The molecule has 2 heterocycles. The van der Waals surface area contributed by atoms with Crippen LogP contribution in [0.1, 0.15) is 24.5 Å². The van der Waals surface area contributed by atoms with E-state index in [0.29, 0.717) is 12.3 Å². The fourth-order valence-corrected chi connectivity index (χ4v) is 4.51. The molecule has 0 saturated carbocycles. The summed E-state index contributed by atoms with van der Waals surface area (Å²) in [6.07, 6.45) is 4.00. The van der Waals surface area contributed by atoms with Crippen LogP contribution < -0.4 is 9.46 Å². The number of benzene rings is 2. The number of rotatable bonds is 9. The first-order valence-corrected chi connectivity index (χ1v) is 12.7. The number of para-hydroxylation sites is 1. The summed E-state index contributed by atoms with van der Waals surface area (Å²) >= 11 is 5.79. The highest BCUT2D eigenvalue weighted by atomic mass is 35.5. The Bertz CT molecular complexity index is 1370. The molecule has 1 N–H and O–H groups in total. The first-order valence-electron chi connectivity index (χ1n) is 10.9. The van der Waals surface area contributed by atoms with E-state index in [4.69, 9.17) is 21.4 Å². The zero-order valence-corrected chi connectivity index (χ0v) is 20.5. The van der Waals surface area contributed by atoms with Gasteiger partial charge >= 0.3 is 0 Å². The molecule has 2 aromatic carbocycles. The Morgan fingerprint density at radius 3 is 2.56 bits per heavy atom. The lowest BCUT2D eigenvalue weighted by atomic mass is 10.1. The Kier molecular flexibility index (Phi) is 7.31. The van der Waals surface area contributed by atoms with Gasteiger partial charge in [0.15, 0.2) is 0 Å². The van der Waals surface area contributed by atoms with Crippen molar-refractivity contribution < 1.29 is 13.2 Å². The number of halogens is 1. The fourth-order valence-electron chi connectivity index (χ4n) is 3.44. The second-order valence-corrected chi connectivity index (χ2v) is 9.91. The average molecular weight is 497 g/mol. The molecule has 2 aromatic heterocycles. The Morgan fingerprint density at radius 2 is 1.88 bits per heavy atom. The average Bonchev–Trinajstić information content (AvgIpc) is 3.27. The van der Waals surface area contributed by atoms with E-state index in [0.717, 1.165) is 34.5 Å². The largest absolute Gasteiger partial charge is 0.493 e. The topological polar surface area (TPSA) is 86.1 Å². The number of hydrogen-bond acceptors (Lipinski definition) is 5. The van der Waals surface area contributed by atoms with Gasteiger partial charge in [-0.25, -0.2) is 22.8 Å². The number of nitrogens with zero attached hydrogens (tertiary/aromatic N) is 3. The van der Waals surface area contributed by atoms with Crippen molar-refractivity contribution in [2.75, 3.05) is 6.61 Å². The Morgan fingerprint density at radius 1 is 1.09 bits per heavy atom. The van der Waals surface area contributed by atoms with E-state index in [2.05, 4.69) is 16.6 Å². The van der Waals surface area contributed by atoms with Crippen LogP contribution in [0.5, 0.6) is 5.75 Å². The van der Waals surface area contributed by atoms with Crippen LogP contribution in [0.15, 0.2) is 78.0 Å². The van der Waals surface area contributed by atoms with Crippen LogP contribution in [-0.2, 0) is 16.6 Å². The predicted octanol–water partition coefficient (Wildman–Crippen LogP) is 5.16. The fraction of sp³-hybridized carbons (Fsp3) is 0.200. The van der Waals surface area contributed by atoms with Crippen molar-refractivity contribution in [2.45, 2.75) is 31.7 Å². The van der Waals surface area contributed by atoms with Crippen LogP contribution in [-0.4, -0.2) is 29.8 Å². The van der Waals surface area contributed by atoms with Gasteiger partial charge in [-0.05, 0) is 61.4 Å². The molecule has 0 spiro atoms. The monoisotopic (exact) mass is 496 g/mol. The van der Waals surface area contributed by atoms with Gasteiger partial charge in [0.05, 0.1) is 18.0 Å². The maximum Gasteiger partial charge on any atom is 0.242 e. The third-order valence-electron chi connectivity index (χ3n) is 5.18. The number of ether oxygens (including phenoxy) is 1. The van der Waals surface area contributed by atoms with Gasteiger partial charge in [-0.2, -0.15) is 5.10 Å². The summed E-state index contributed by atoms with van der Waals surface area (Å²) in [6, 6.07) is 18.4. The van der Waals surface area contributed by atoms with Crippen LogP contribution >= 0.6 is 11.6 Å². The highest BCUT2D eigenvalue weighted by Crippen LogP contribution is 2.29. The van der Waals surface area contributed by atoms with Gasteiger partial charge in [0.2, 0.25) is 10.0 Å². The lowest BCUT2D eigenvalue weighted by Gasteiger charge is -2.10. The first-order chi connectivity index (χ1) is 16.4. The number of sulfonamides is 1. The van der Waals surface area contributed by atoms with Crippen LogP contribution in [0.2, 0.25) is 5.15 Å². The Balaban J connectivity index is 1.68. The third-order valence-corrected chi connectivity index (χ3v) is 6.79. The second kappa shape index (κ2) is 10.4. The van der Waals surface area contributed by atoms with Gasteiger partial charge in [0.25, 0.3) is 0 Å². The van der Waals surface area contributed by atoms with E-state index in [-0.39, 0.29) is 16.6 Å². The van der Waals surface area contributed by atoms with Crippen molar-refractivity contribution in [3.05, 3.63) is 89.3 Å². The summed E-state index contributed by atoms with van der Waals surface area (Å²) in [6.45, 7) is 4.75. The third kappa shape index (κ3) is 5.47. The summed E-state index contributed by atoms with van der Waals surface area (Å²) < 4.78 is 35.8. The normalized spacial score (nSPS) is 11.5. The minimum atomic E-state index is -3.78. The SMILES string of the molecule is CCCOc1ccc(-c2nn(-c3ccccc3)cc2CNS(=O)(=O)c2ccc(Cl)nc2)cc1C. The first kappa shape index (κ1) is 23.9. The minimum absolute atomic E-state index is 0.0437. The van der Waals surface area contributed by atoms with Crippen molar-refractivity contribution in [1.82, 2.24) is 19.5 Å². The van der Waals surface area contributed by atoms with E-state index < -0.39 is 10.0 Å². The molecule has 34 heavy (non-hydrogen) atoms. The number of nitrogens with one attached hydrogen (secondary N) is 1. The summed E-state index contributed by atoms with van der Waals surface area (Å²) in [5.74, 6) is 0.825. The van der Waals surface area contributed by atoms with Crippen LogP contribution in [0, 0.1) is 6.92 Å². The van der Waals surface area contributed by atoms with Gasteiger partial charge in [0, 0.05) is 30.1 Å². The standard InChI is InChI=1S/C25H25ClN4O3S/c1-3-13-33-23-11-9-19(14-18(23)2)25-20(17-30(29-25)21-7-5-4-6-8-21)15-28-34(31,32)22-10-12-24(26)27-16-22/h4-12,14,16-17,28H,3,13,15H2,1-2H3. The van der Waals surface area contributed by atoms with Crippen molar-refractivity contribution >= 4 is 21.6 Å². The molecule has 4 aromatic rings. The summed E-state index contributed by atoms with van der Waals surface area (Å²) in [7, 11) is -3.78. The highest BCUT2D eigenvalue weighted by Gasteiger charge is 2.18. The summed E-state index contributed by atoms with van der Waals surface area (Å²) in [5, 5.41) is 5.01. The molecule has 0 saturated heterocycles. The van der Waals surface area contributed by atoms with Gasteiger partial charge in [0.1, 0.15) is 15.8 Å². The number of aryl methyl sites for hydroxylation is 1. The Labute approximate surface area is 204 Å². The lowest BCUT2D eigenvalue weighted by molar-refractivity contribution is 0.315. The highest BCUT2D eigenvalue weighted by molar-refractivity contribution is 7.89. The molecular formula is C25H25ClN4O3S. The second-order valence-electron chi connectivity index (χ2n) is 7.75. The molecule has 176 valence electrons. The molecule has 0 radical (unpaired) electrons. The number of aromatic nitrogens is 3. The van der Waals surface area contributed by atoms with E-state index in [9.17, 15) is 8.42 Å². The molecule has 0 aliphatic rings. The summed E-state index contributed by atoms with van der Waals surface area (Å²) in [5.41, 5.74) is 4.15. The van der Waals surface area contributed by atoms with E-state index in [1.54, 1.807) is 4.68 Å². The van der Waals surface area contributed by atoms with E-state index >= 15 is 0 Å². The number of pyridine rings is 1. The number of hydrogen-bond donors (Lipinski definition) is 1. The lowest BCUT2D eigenvalue weighted by Crippen LogP contribution is -2.23. The molecule has 0 atom stereocenters. The van der Waals surface area contributed by atoms with Crippen molar-refractivity contribution in [1.29, 1.82) is 0 Å². The molecular weight excluding hydrogens is 472 g/mol. The van der Waals surface area contributed by atoms with E-state index in [1.807, 2.05) is 61.7 Å². The van der Waals surface area contributed by atoms with Gasteiger partial charge in [-0.3, -0.25) is 0 Å². The van der Waals surface area contributed by atoms with Gasteiger partial charge in [-0.15, -0.1) is 0 Å². The molecule has 9 heteroatoms. The van der Waals surface area contributed by atoms with Crippen molar-refractivity contribution in [2.24, 2.45) is 0 Å².